The first kappa shape index (κ1) is 14.8. The van der Waals surface area contributed by atoms with Gasteiger partial charge in [-0.3, -0.25) is 4.98 Å². The van der Waals surface area contributed by atoms with Crippen molar-refractivity contribution >= 4 is 17.3 Å². The molecule has 0 aliphatic rings. The van der Waals surface area contributed by atoms with Crippen molar-refractivity contribution in [2.45, 2.75) is 6.54 Å². The molecule has 0 saturated carbocycles. The third-order valence-corrected chi connectivity index (χ3v) is 3.23. The van der Waals surface area contributed by atoms with Crippen molar-refractivity contribution in [2.24, 2.45) is 0 Å². The monoisotopic (exact) mass is 307 g/mol. The Morgan fingerprint density at radius 3 is 2.65 bits per heavy atom. The third-order valence-electron chi connectivity index (χ3n) is 3.23. The van der Waals surface area contributed by atoms with Gasteiger partial charge in [-0.05, 0) is 29.8 Å². The van der Waals surface area contributed by atoms with Gasteiger partial charge in [-0.15, -0.1) is 0 Å². The average molecular weight is 307 g/mol. The molecule has 0 unspecified atom stereocenters. The molecule has 23 heavy (non-hydrogen) atoms. The Hall–Kier alpha value is -3.15. The van der Waals surface area contributed by atoms with E-state index in [1.807, 2.05) is 42.5 Å². The van der Waals surface area contributed by atoms with Crippen molar-refractivity contribution in [1.29, 1.82) is 0 Å². The van der Waals surface area contributed by atoms with Gasteiger partial charge in [0.2, 0.25) is 0 Å². The molecule has 6 nitrogen and oxygen atoms in total. The molecule has 116 valence electrons. The minimum atomic E-state index is 0.679. The summed E-state index contributed by atoms with van der Waals surface area (Å²) in [5.41, 5.74) is 2.05. The lowest BCUT2D eigenvalue weighted by atomic mass is 10.3. The summed E-state index contributed by atoms with van der Waals surface area (Å²) in [7, 11) is 1.64. The van der Waals surface area contributed by atoms with Gasteiger partial charge in [-0.2, -0.15) is 0 Å². The summed E-state index contributed by atoms with van der Waals surface area (Å²) in [6.45, 7) is 0.679. The number of hydrogen-bond donors (Lipinski definition) is 2. The fourth-order valence-corrected chi connectivity index (χ4v) is 2.06. The minimum Gasteiger partial charge on any atom is -0.497 e. The van der Waals surface area contributed by atoms with E-state index in [-0.39, 0.29) is 0 Å². The van der Waals surface area contributed by atoms with E-state index in [1.165, 1.54) is 6.33 Å². The van der Waals surface area contributed by atoms with Crippen molar-refractivity contribution in [1.82, 2.24) is 15.0 Å². The number of pyridine rings is 1. The standard InChI is InChI=1S/C17H17N5O/c1-23-15-4-2-3-14(9-15)22-17-10-16(20-12-21-17)19-11-13-5-7-18-8-6-13/h2-10,12H,11H2,1H3,(H2,19,20,21,22). The van der Waals surface area contributed by atoms with Gasteiger partial charge in [0.1, 0.15) is 23.7 Å². The maximum Gasteiger partial charge on any atom is 0.135 e. The smallest absolute Gasteiger partial charge is 0.135 e. The molecule has 6 heteroatoms. The summed E-state index contributed by atoms with van der Waals surface area (Å²) >= 11 is 0. The number of anilines is 3. The predicted molar refractivity (Wildman–Crippen MR) is 89.9 cm³/mol. The molecular formula is C17H17N5O. The first-order chi connectivity index (χ1) is 11.3. The van der Waals surface area contributed by atoms with Crippen LogP contribution in [0.1, 0.15) is 5.56 Å². The van der Waals surface area contributed by atoms with E-state index in [0.29, 0.717) is 12.4 Å². The van der Waals surface area contributed by atoms with Crippen LogP contribution in [-0.2, 0) is 6.54 Å². The zero-order valence-corrected chi connectivity index (χ0v) is 12.7. The molecule has 0 fully saturated rings. The fourth-order valence-electron chi connectivity index (χ4n) is 2.06. The molecule has 0 amide bonds. The van der Waals surface area contributed by atoms with Gasteiger partial charge in [-0.1, -0.05) is 6.07 Å². The van der Waals surface area contributed by atoms with E-state index < -0.39 is 0 Å². The predicted octanol–water partition coefficient (Wildman–Crippen LogP) is 3.24. The summed E-state index contributed by atoms with van der Waals surface area (Å²) in [5.74, 6) is 2.26. The highest BCUT2D eigenvalue weighted by Crippen LogP contribution is 2.21. The second-order valence-corrected chi connectivity index (χ2v) is 4.85. The molecule has 0 atom stereocenters. The van der Waals surface area contributed by atoms with Crippen molar-refractivity contribution in [2.75, 3.05) is 17.7 Å². The van der Waals surface area contributed by atoms with E-state index in [4.69, 9.17) is 4.74 Å². The highest BCUT2D eigenvalue weighted by atomic mass is 16.5. The summed E-state index contributed by atoms with van der Waals surface area (Å²) in [6, 6.07) is 13.5. The van der Waals surface area contributed by atoms with Gasteiger partial charge < -0.3 is 15.4 Å². The Morgan fingerprint density at radius 1 is 1.00 bits per heavy atom. The van der Waals surface area contributed by atoms with Crippen LogP contribution in [-0.4, -0.2) is 22.1 Å². The summed E-state index contributed by atoms with van der Waals surface area (Å²) < 4.78 is 5.21. The number of methoxy groups -OCH3 is 1. The molecule has 3 aromatic rings. The van der Waals surface area contributed by atoms with Gasteiger partial charge in [0.05, 0.1) is 7.11 Å². The maximum absolute atomic E-state index is 5.21. The quantitative estimate of drug-likeness (QED) is 0.728. The van der Waals surface area contributed by atoms with Gasteiger partial charge in [0, 0.05) is 36.8 Å². The molecule has 0 saturated heterocycles. The molecule has 0 aliphatic heterocycles. The lowest BCUT2D eigenvalue weighted by Gasteiger charge is -2.09. The number of aromatic nitrogens is 3. The zero-order valence-electron chi connectivity index (χ0n) is 12.7. The van der Waals surface area contributed by atoms with Crippen LogP contribution < -0.4 is 15.4 Å². The van der Waals surface area contributed by atoms with Crippen LogP contribution in [0.25, 0.3) is 0 Å². The first-order valence-electron chi connectivity index (χ1n) is 7.19. The SMILES string of the molecule is COc1cccc(Nc2cc(NCc3ccncc3)ncn2)c1. The number of nitrogens with one attached hydrogen (secondary N) is 2. The van der Waals surface area contributed by atoms with Gasteiger partial charge in [-0.25, -0.2) is 9.97 Å². The number of hydrogen-bond acceptors (Lipinski definition) is 6. The lowest BCUT2D eigenvalue weighted by molar-refractivity contribution is 0.415. The molecule has 0 radical (unpaired) electrons. The highest BCUT2D eigenvalue weighted by molar-refractivity contribution is 5.60. The molecule has 3 rings (SSSR count). The highest BCUT2D eigenvalue weighted by Gasteiger charge is 2.01. The normalized spacial score (nSPS) is 10.1. The van der Waals surface area contributed by atoms with Crippen LogP contribution >= 0.6 is 0 Å². The topological polar surface area (TPSA) is 72.0 Å². The van der Waals surface area contributed by atoms with Crippen molar-refractivity contribution in [3.05, 3.63) is 66.7 Å². The molecular weight excluding hydrogens is 290 g/mol. The Morgan fingerprint density at radius 2 is 1.83 bits per heavy atom. The Balaban J connectivity index is 1.67. The van der Waals surface area contributed by atoms with E-state index >= 15 is 0 Å². The molecule has 0 aliphatic carbocycles. The lowest BCUT2D eigenvalue weighted by Crippen LogP contribution is -2.03. The maximum atomic E-state index is 5.21. The van der Waals surface area contributed by atoms with Gasteiger partial charge in [0.15, 0.2) is 0 Å². The van der Waals surface area contributed by atoms with E-state index in [9.17, 15) is 0 Å². The van der Waals surface area contributed by atoms with Crippen LogP contribution in [0.3, 0.4) is 0 Å². The molecule has 1 aromatic carbocycles. The molecule has 2 N–H and O–H groups in total. The van der Waals surface area contributed by atoms with Gasteiger partial charge >= 0.3 is 0 Å². The first-order valence-corrected chi connectivity index (χ1v) is 7.19. The Kier molecular flexibility index (Phi) is 4.63. The largest absolute Gasteiger partial charge is 0.497 e. The van der Waals surface area contributed by atoms with Crippen LogP contribution in [0, 0.1) is 0 Å². The van der Waals surface area contributed by atoms with Crippen LogP contribution in [0.15, 0.2) is 61.2 Å². The number of nitrogens with zero attached hydrogens (tertiary/aromatic N) is 3. The van der Waals surface area contributed by atoms with E-state index in [0.717, 1.165) is 22.8 Å². The van der Waals surface area contributed by atoms with Crippen LogP contribution in [0.5, 0.6) is 5.75 Å². The molecule has 2 heterocycles. The van der Waals surface area contributed by atoms with E-state index in [2.05, 4.69) is 25.6 Å². The Bertz CT molecular complexity index is 764. The Labute approximate surface area is 134 Å². The summed E-state index contributed by atoms with van der Waals surface area (Å²) in [6.07, 6.45) is 5.07. The average Bonchev–Trinajstić information content (AvgIpc) is 2.61. The van der Waals surface area contributed by atoms with Crippen LogP contribution in [0.2, 0.25) is 0 Å². The summed E-state index contributed by atoms with van der Waals surface area (Å²) in [4.78, 5) is 12.5. The molecule has 0 bridgehead atoms. The van der Waals surface area contributed by atoms with Crippen LogP contribution in [0.4, 0.5) is 17.3 Å². The number of rotatable bonds is 6. The fraction of sp³-hybridized carbons (Fsp3) is 0.118. The van der Waals surface area contributed by atoms with Crippen molar-refractivity contribution in [3.8, 4) is 5.75 Å². The van der Waals surface area contributed by atoms with Gasteiger partial charge in [0.25, 0.3) is 0 Å². The summed E-state index contributed by atoms with van der Waals surface area (Å²) in [5, 5.41) is 6.50. The number of benzene rings is 1. The second kappa shape index (κ2) is 7.22. The number of ether oxygens (including phenoxy) is 1. The van der Waals surface area contributed by atoms with E-state index in [1.54, 1.807) is 19.5 Å². The molecule has 2 aromatic heterocycles. The zero-order chi connectivity index (χ0) is 15.9. The second-order valence-electron chi connectivity index (χ2n) is 4.85. The minimum absolute atomic E-state index is 0.679. The molecule has 0 spiro atoms. The third kappa shape index (κ3) is 4.16. The van der Waals surface area contributed by atoms with Crippen molar-refractivity contribution in [3.63, 3.8) is 0 Å². The van der Waals surface area contributed by atoms with Crippen molar-refractivity contribution < 1.29 is 4.74 Å².